The van der Waals surface area contributed by atoms with Crippen molar-refractivity contribution in [1.82, 2.24) is 9.47 Å². The van der Waals surface area contributed by atoms with Crippen LogP contribution < -0.4 is 5.56 Å². The zero-order valence-electron chi connectivity index (χ0n) is 11.8. The van der Waals surface area contributed by atoms with Crippen LogP contribution in [-0.4, -0.2) is 22.6 Å². The van der Waals surface area contributed by atoms with Gasteiger partial charge in [-0.15, -0.1) is 0 Å². The van der Waals surface area contributed by atoms with Crippen LogP contribution in [0.4, 0.5) is 0 Å². The smallest absolute Gasteiger partial charge is 0.250 e. The number of piperidine rings is 1. The van der Waals surface area contributed by atoms with Crippen LogP contribution in [0.5, 0.6) is 0 Å². The van der Waals surface area contributed by atoms with Crippen molar-refractivity contribution in [3.63, 3.8) is 0 Å². The highest BCUT2D eigenvalue weighted by Crippen LogP contribution is 2.27. The summed E-state index contributed by atoms with van der Waals surface area (Å²) in [5, 5.41) is 4.37. The van der Waals surface area contributed by atoms with Crippen LogP contribution in [0.25, 0.3) is 0 Å². The highest BCUT2D eigenvalue weighted by atomic mass is 32.1. The van der Waals surface area contributed by atoms with E-state index in [1.54, 1.807) is 29.0 Å². The van der Waals surface area contributed by atoms with Gasteiger partial charge in [0.2, 0.25) is 0 Å². The van der Waals surface area contributed by atoms with Crippen LogP contribution in [0.2, 0.25) is 0 Å². The maximum absolute atomic E-state index is 11.7. The van der Waals surface area contributed by atoms with E-state index in [-0.39, 0.29) is 5.56 Å². The molecule has 0 spiro atoms. The molecule has 20 heavy (non-hydrogen) atoms. The van der Waals surface area contributed by atoms with Gasteiger partial charge in [-0.2, -0.15) is 11.3 Å². The predicted molar refractivity (Wildman–Crippen MR) is 83.3 cm³/mol. The number of rotatable bonds is 3. The van der Waals surface area contributed by atoms with Crippen molar-refractivity contribution < 1.29 is 0 Å². The maximum atomic E-state index is 11.7. The second-order valence-electron chi connectivity index (χ2n) is 5.59. The van der Waals surface area contributed by atoms with Crippen molar-refractivity contribution >= 4 is 11.3 Å². The molecule has 0 amide bonds. The number of aromatic nitrogens is 1. The largest absolute Gasteiger partial charge is 0.319 e. The third-order valence-electron chi connectivity index (χ3n) is 4.17. The van der Waals surface area contributed by atoms with Crippen LogP contribution >= 0.6 is 11.3 Å². The van der Waals surface area contributed by atoms with E-state index in [0.29, 0.717) is 5.92 Å². The first-order valence-electron chi connectivity index (χ1n) is 7.12. The number of aryl methyl sites for hydroxylation is 1. The average molecular weight is 288 g/mol. The number of hydrogen-bond donors (Lipinski definition) is 0. The Kier molecular flexibility index (Phi) is 4.03. The average Bonchev–Trinajstić information content (AvgIpc) is 2.96. The van der Waals surface area contributed by atoms with E-state index < -0.39 is 0 Å². The monoisotopic (exact) mass is 288 g/mol. The molecule has 0 unspecified atom stereocenters. The Bertz CT molecular complexity index is 610. The first-order valence-corrected chi connectivity index (χ1v) is 8.06. The zero-order chi connectivity index (χ0) is 13.9. The van der Waals surface area contributed by atoms with Crippen LogP contribution in [-0.2, 0) is 13.6 Å². The SMILES string of the molecule is Cn1ccc(C2CCN(Cc3ccsc3)CC2)cc1=O. The molecule has 0 radical (unpaired) electrons. The molecule has 3 nitrogen and oxygen atoms in total. The van der Waals surface area contributed by atoms with Gasteiger partial charge in [0.1, 0.15) is 0 Å². The summed E-state index contributed by atoms with van der Waals surface area (Å²) < 4.78 is 1.63. The maximum Gasteiger partial charge on any atom is 0.250 e. The number of likely N-dealkylation sites (tertiary alicyclic amines) is 1. The van der Waals surface area contributed by atoms with E-state index in [0.717, 1.165) is 32.5 Å². The molecule has 1 saturated heterocycles. The predicted octanol–water partition coefficient (Wildman–Crippen LogP) is 2.83. The molecule has 4 heteroatoms. The van der Waals surface area contributed by atoms with Crippen molar-refractivity contribution in [2.24, 2.45) is 7.05 Å². The Balaban J connectivity index is 1.60. The van der Waals surface area contributed by atoms with Gasteiger partial charge in [0, 0.05) is 25.9 Å². The lowest BCUT2D eigenvalue weighted by molar-refractivity contribution is 0.205. The minimum absolute atomic E-state index is 0.100. The standard InChI is InChI=1S/C16H20N2OS/c1-17-6-2-15(10-16(17)19)14-3-7-18(8-4-14)11-13-5-9-20-12-13/h2,5-6,9-10,12,14H,3-4,7-8,11H2,1H3. The van der Waals surface area contributed by atoms with Crippen molar-refractivity contribution in [3.05, 3.63) is 56.6 Å². The molecule has 3 heterocycles. The van der Waals surface area contributed by atoms with Crippen LogP contribution in [0.1, 0.15) is 29.9 Å². The van der Waals surface area contributed by atoms with Gasteiger partial charge in [-0.3, -0.25) is 9.69 Å². The minimum Gasteiger partial charge on any atom is -0.319 e. The number of hydrogen-bond acceptors (Lipinski definition) is 3. The highest BCUT2D eigenvalue weighted by Gasteiger charge is 2.21. The highest BCUT2D eigenvalue weighted by molar-refractivity contribution is 7.07. The van der Waals surface area contributed by atoms with E-state index in [1.807, 2.05) is 6.20 Å². The second kappa shape index (κ2) is 5.94. The number of nitrogens with zero attached hydrogens (tertiary/aromatic N) is 2. The van der Waals surface area contributed by atoms with Gasteiger partial charge < -0.3 is 4.57 Å². The Morgan fingerprint density at radius 3 is 2.75 bits per heavy atom. The third kappa shape index (κ3) is 3.02. The first kappa shape index (κ1) is 13.6. The molecule has 2 aromatic heterocycles. The Labute approximate surface area is 123 Å². The van der Waals surface area contributed by atoms with E-state index >= 15 is 0 Å². The summed E-state index contributed by atoms with van der Waals surface area (Å²) in [5.41, 5.74) is 2.73. The van der Waals surface area contributed by atoms with Gasteiger partial charge in [-0.05, 0) is 65.9 Å². The van der Waals surface area contributed by atoms with Gasteiger partial charge in [0.05, 0.1) is 0 Å². The molecular weight excluding hydrogens is 268 g/mol. The van der Waals surface area contributed by atoms with Gasteiger partial charge in [0.15, 0.2) is 0 Å². The van der Waals surface area contributed by atoms with Gasteiger partial charge in [0.25, 0.3) is 5.56 Å². The van der Waals surface area contributed by atoms with Crippen LogP contribution in [0.15, 0.2) is 40.0 Å². The summed E-state index contributed by atoms with van der Waals surface area (Å²) in [4.78, 5) is 14.2. The molecule has 0 aliphatic carbocycles. The quantitative estimate of drug-likeness (QED) is 0.868. The fourth-order valence-corrected chi connectivity index (χ4v) is 3.54. The van der Waals surface area contributed by atoms with E-state index in [9.17, 15) is 4.79 Å². The molecule has 0 bridgehead atoms. The summed E-state index contributed by atoms with van der Waals surface area (Å²) in [6.07, 6.45) is 4.18. The summed E-state index contributed by atoms with van der Waals surface area (Å²) in [6, 6.07) is 6.11. The Morgan fingerprint density at radius 2 is 2.10 bits per heavy atom. The van der Waals surface area contributed by atoms with Crippen molar-refractivity contribution in [2.75, 3.05) is 13.1 Å². The fourth-order valence-electron chi connectivity index (χ4n) is 2.88. The van der Waals surface area contributed by atoms with Gasteiger partial charge in [-0.1, -0.05) is 0 Å². The Hall–Kier alpha value is -1.39. The summed E-state index contributed by atoms with van der Waals surface area (Å²) in [6.45, 7) is 3.30. The molecule has 0 saturated carbocycles. The van der Waals surface area contributed by atoms with Crippen molar-refractivity contribution in [3.8, 4) is 0 Å². The summed E-state index contributed by atoms with van der Waals surface area (Å²) >= 11 is 1.76. The first-order chi connectivity index (χ1) is 9.72. The lowest BCUT2D eigenvalue weighted by Gasteiger charge is -2.32. The lowest BCUT2D eigenvalue weighted by atomic mass is 9.90. The number of thiophene rings is 1. The van der Waals surface area contributed by atoms with Crippen molar-refractivity contribution in [2.45, 2.75) is 25.3 Å². The molecule has 2 aromatic rings. The third-order valence-corrected chi connectivity index (χ3v) is 4.91. The van der Waals surface area contributed by atoms with Gasteiger partial charge in [-0.25, -0.2) is 0 Å². The fraction of sp³-hybridized carbons (Fsp3) is 0.438. The van der Waals surface area contributed by atoms with E-state index in [4.69, 9.17) is 0 Å². The van der Waals surface area contributed by atoms with Gasteiger partial charge >= 0.3 is 0 Å². The lowest BCUT2D eigenvalue weighted by Crippen LogP contribution is -2.32. The molecule has 1 fully saturated rings. The molecule has 1 aliphatic heterocycles. The van der Waals surface area contributed by atoms with Crippen LogP contribution in [0, 0.1) is 0 Å². The molecule has 1 aliphatic rings. The molecule has 0 aromatic carbocycles. The summed E-state index contributed by atoms with van der Waals surface area (Å²) in [5.74, 6) is 0.544. The molecule has 0 atom stereocenters. The molecular formula is C16H20N2OS. The topological polar surface area (TPSA) is 25.2 Å². The second-order valence-corrected chi connectivity index (χ2v) is 6.37. The molecule has 0 N–H and O–H groups in total. The summed E-state index contributed by atoms with van der Waals surface area (Å²) in [7, 11) is 1.80. The minimum atomic E-state index is 0.100. The van der Waals surface area contributed by atoms with E-state index in [1.165, 1.54) is 11.1 Å². The number of pyridine rings is 1. The zero-order valence-corrected chi connectivity index (χ0v) is 12.6. The molecule has 106 valence electrons. The normalized spacial score (nSPS) is 17.4. The van der Waals surface area contributed by atoms with E-state index in [2.05, 4.69) is 27.8 Å². The molecule has 3 rings (SSSR count). The van der Waals surface area contributed by atoms with Crippen LogP contribution in [0.3, 0.4) is 0 Å². The Morgan fingerprint density at radius 1 is 1.30 bits per heavy atom. The van der Waals surface area contributed by atoms with Crippen molar-refractivity contribution in [1.29, 1.82) is 0 Å².